The van der Waals surface area contributed by atoms with Gasteiger partial charge in [0.2, 0.25) is 0 Å². The molecule has 1 rings (SSSR count). The molecule has 0 heterocycles. The van der Waals surface area contributed by atoms with E-state index in [0.717, 1.165) is 0 Å². The minimum absolute atomic E-state index is 0.428. The molecule has 0 aliphatic carbocycles. The third-order valence-corrected chi connectivity index (χ3v) is 2.35. The first kappa shape index (κ1) is 11.8. The fourth-order valence-electron chi connectivity index (χ4n) is 1.32. The standard InChI is InChI=1S/C10H12ClNO3/c1-6(13)9(12-10(14)15)7-4-2-3-5-8(7)11/h2-6,9,12-13H,1H3,(H,14,15)/t6-,9+/m0/s1. The molecule has 1 aromatic carbocycles. The molecule has 0 saturated heterocycles. The lowest BCUT2D eigenvalue weighted by Gasteiger charge is -2.21. The monoisotopic (exact) mass is 229 g/mol. The maximum atomic E-state index is 10.5. The summed E-state index contributed by atoms with van der Waals surface area (Å²) >= 11 is 5.90. The molecule has 0 bridgehead atoms. The Kier molecular flexibility index (Phi) is 3.94. The zero-order valence-electron chi connectivity index (χ0n) is 8.14. The average molecular weight is 230 g/mol. The van der Waals surface area contributed by atoms with Gasteiger partial charge in [-0.15, -0.1) is 0 Å². The van der Waals surface area contributed by atoms with Gasteiger partial charge < -0.3 is 15.5 Å². The molecule has 3 N–H and O–H groups in total. The highest BCUT2D eigenvalue weighted by molar-refractivity contribution is 6.31. The molecule has 5 heteroatoms. The minimum Gasteiger partial charge on any atom is -0.465 e. The summed E-state index contributed by atoms with van der Waals surface area (Å²) in [5.74, 6) is 0. The van der Waals surface area contributed by atoms with Crippen LogP contribution in [0, 0.1) is 0 Å². The lowest BCUT2D eigenvalue weighted by atomic mass is 10.0. The van der Waals surface area contributed by atoms with E-state index in [1.165, 1.54) is 6.92 Å². The fourth-order valence-corrected chi connectivity index (χ4v) is 1.57. The predicted molar refractivity (Wildman–Crippen MR) is 57.0 cm³/mol. The largest absolute Gasteiger partial charge is 0.465 e. The molecule has 0 aliphatic heterocycles. The number of carbonyl (C=O) groups is 1. The molecule has 4 nitrogen and oxygen atoms in total. The molecule has 1 aromatic rings. The van der Waals surface area contributed by atoms with Gasteiger partial charge in [-0.3, -0.25) is 0 Å². The van der Waals surface area contributed by atoms with E-state index in [2.05, 4.69) is 5.32 Å². The van der Waals surface area contributed by atoms with Crippen molar-refractivity contribution in [2.45, 2.75) is 19.1 Å². The van der Waals surface area contributed by atoms with Crippen LogP contribution in [0.5, 0.6) is 0 Å². The highest BCUT2D eigenvalue weighted by Gasteiger charge is 2.21. The van der Waals surface area contributed by atoms with Crippen molar-refractivity contribution in [2.75, 3.05) is 0 Å². The summed E-state index contributed by atoms with van der Waals surface area (Å²) in [6.45, 7) is 1.50. The van der Waals surface area contributed by atoms with E-state index < -0.39 is 18.2 Å². The van der Waals surface area contributed by atoms with Gasteiger partial charge in [-0.1, -0.05) is 29.8 Å². The lowest BCUT2D eigenvalue weighted by molar-refractivity contribution is 0.133. The van der Waals surface area contributed by atoms with Gasteiger partial charge in [0.15, 0.2) is 0 Å². The van der Waals surface area contributed by atoms with Gasteiger partial charge in [0, 0.05) is 5.02 Å². The topological polar surface area (TPSA) is 69.6 Å². The van der Waals surface area contributed by atoms with E-state index in [9.17, 15) is 9.90 Å². The SMILES string of the molecule is C[C@H](O)[C@@H](NC(=O)O)c1ccccc1Cl. The molecule has 15 heavy (non-hydrogen) atoms. The molecule has 0 aromatic heterocycles. The third kappa shape index (κ3) is 3.11. The number of halogens is 1. The van der Waals surface area contributed by atoms with E-state index in [0.29, 0.717) is 10.6 Å². The van der Waals surface area contributed by atoms with Gasteiger partial charge in [-0.2, -0.15) is 0 Å². The zero-order valence-corrected chi connectivity index (χ0v) is 8.90. The van der Waals surface area contributed by atoms with Gasteiger partial charge in [-0.05, 0) is 18.6 Å². The quantitative estimate of drug-likeness (QED) is 0.743. The predicted octanol–water partition coefficient (Wildman–Crippen LogP) is 2.03. The maximum absolute atomic E-state index is 10.5. The number of nitrogens with one attached hydrogen (secondary N) is 1. The molecule has 0 fully saturated rings. The van der Waals surface area contributed by atoms with Crippen LogP contribution in [-0.2, 0) is 0 Å². The van der Waals surface area contributed by atoms with Crippen LogP contribution in [0.4, 0.5) is 4.79 Å². The Balaban J connectivity index is 2.99. The van der Waals surface area contributed by atoms with E-state index in [1.54, 1.807) is 24.3 Å². The summed E-state index contributed by atoms with van der Waals surface area (Å²) < 4.78 is 0. The first-order valence-corrected chi connectivity index (χ1v) is 4.82. The van der Waals surface area contributed by atoms with Crippen molar-refractivity contribution in [3.05, 3.63) is 34.9 Å². The van der Waals surface area contributed by atoms with Crippen LogP contribution in [0.1, 0.15) is 18.5 Å². The molecular weight excluding hydrogens is 218 g/mol. The van der Waals surface area contributed by atoms with Crippen LogP contribution >= 0.6 is 11.6 Å². The van der Waals surface area contributed by atoms with Crippen molar-refractivity contribution in [2.24, 2.45) is 0 Å². The Morgan fingerprint density at radius 1 is 1.47 bits per heavy atom. The second-order valence-electron chi connectivity index (χ2n) is 3.19. The fraction of sp³-hybridized carbons (Fsp3) is 0.300. The molecule has 0 unspecified atom stereocenters. The second-order valence-corrected chi connectivity index (χ2v) is 3.60. The molecule has 0 saturated carbocycles. The maximum Gasteiger partial charge on any atom is 0.405 e. The van der Waals surface area contributed by atoms with E-state index in [1.807, 2.05) is 0 Å². The Morgan fingerprint density at radius 3 is 2.53 bits per heavy atom. The van der Waals surface area contributed by atoms with Crippen LogP contribution in [0.3, 0.4) is 0 Å². The number of aliphatic hydroxyl groups excluding tert-OH is 1. The lowest BCUT2D eigenvalue weighted by Crippen LogP contribution is -2.34. The number of aliphatic hydroxyl groups is 1. The van der Waals surface area contributed by atoms with Gasteiger partial charge in [0.25, 0.3) is 0 Å². The van der Waals surface area contributed by atoms with Crippen molar-refractivity contribution in [1.29, 1.82) is 0 Å². The highest BCUT2D eigenvalue weighted by atomic mass is 35.5. The number of carboxylic acid groups (broad SMARTS) is 1. The molecular formula is C10H12ClNO3. The molecule has 0 spiro atoms. The molecule has 82 valence electrons. The number of hydrogen-bond acceptors (Lipinski definition) is 2. The van der Waals surface area contributed by atoms with Crippen LogP contribution < -0.4 is 5.32 Å². The normalized spacial score (nSPS) is 14.3. The smallest absolute Gasteiger partial charge is 0.405 e. The van der Waals surface area contributed by atoms with E-state index in [4.69, 9.17) is 16.7 Å². The van der Waals surface area contributed by atoms with Crippen molar-refractivity contribution in [3.63, 3.8) is 0 Å². The number of hydrogen-bond donors (Lipinski definition) is 3. The molecule has 1 amide bonds. The van der Waals surface area contributed by atoms with Crippen LogP contribution in [0.25, 0.3) is 0 Å². The number of rotatable bonds is 3. The van der Waals surface area contributed by atoms with Gasteiger partial charge in [-0.25, -0.2) is 4.79 Å². The first-order valence-electron chi connectivity index (χ1n) is 4.44. The Hall–Kier alpha value is -1.26. The summed E-state index contributed by atoms with van der Waals surface area (Å²) in [7, 11) is 0. The first-order chi connectivity index (χ1) is 7.02. The van der Waals surface area contributed by atoms with Crippen molar-refractivity contribution in [1.82, 2.24) is 5.32 Å². The summed E-state index contributed by atoms with van der Waals surface area (Å²) in [6, 6.07) is 6.09. The molecule has 0 aliphatic rings. The summed E-state index contributed by atoms with van der Waals surface area (Å²) in [5.41, 5.74) is 0.566. The van der Waals surface area contributed by atoms with Crippen LogP contribution in [-0.4, -0.2) is 22.4 Å². The summed E-state index contributed by atoms with van der Waals surface area (Å²) in [5, 5.41) is 20.7. The van der Waals surface area contributed by atoms with Crippen molar-refractivity contribution in [3.8, 4) is 0 Å². The molecule has 0 radical (unpaired) electrons. The number of benzene rings is 1. The summed E-state index contributed by atoms with van der Waals surface area (Å²) in [6.07, 6.45) is -2.04. The minimum atomic E-state index is -1.19. The highest BCUT2D eigenvalue weighted by Crippen LogP contribution is 2.24. The number of amides is 1. The van der Waals surface area contributed by atoms with Crippen molar-refractivity contribution < 1.29 is 15.0 Å². The Morgan fingerprint density at radius 2 is 2.07 bits per heavy atom. The van der Waals surface area contributed by atoms with E-state index in [-0.39, 0.29) is 0 Å². The van der Waals surface area contributed by atoms with Gasteiger partial charge >= 0.3 is 6.09 Å². The third-order valence-electron chi connectivity index (χ3n) is 2.00. The Bertz CT molecular complexity index is 354. The van der Waals surface area contributed by atoms with Crippen molar-refractivity contribution >= 4 is 17.7 Å². The molecule has 2 atom stereocenters. The van der Waals surface area contributed by atoms with E-state index >= 15 is 0 Å². The van der Waals surface area contributed by atoms with Crippen LogP contribution in [0.2, 0.25) is 5.02 Å². The van der Waals surface area contributed by atoms with Gasteiger partial charge in [0.1, 0.15) is 0 Å². The average Bonchev–Trinajstić information content (AvgIpc) is 2.15. The van der Waals surface area contributed by atoms with Crippen LogP contribution in [0.15, 0.2) is 24.3 Å². The van der Waals surface area contributed by atoms with Gasteiger partial charge in [0.05, 0.1) is 12.1 Å². The second kappa shape index (κ2) is 5.00. The summed E-state index contributed by atoms with van der Waals surface area (Å²) in [4.78, 5) is 10.5. The Labute approximate surface area is 92.5 Å². The zero-order chi connectivity index (χ0) is 11.4.